The second kappa shape index (κ2) is 4.45. The molecule has 0 bridgehead atoms. The second-order valence-corrected chi connectivity index (χ2v) is 3.02. The molecule has 1 rings (SSSR count). The van der Waals surface area contributed by atoms with Crippen LogP contribution in [0.15, 0.2) is 30.9 Å². The zero-order chi connectivity index (χ0) is 10.6. The monoisotopic (exact) mass is 188 g/mol. The van der Waals surface area contributed by atoms with Crippen LogP contribution < -0.4 is 5.73 Å². The van der Waals surface area contributed by atoms with E-state index in [1.54, 1.807) is 18.2 Å². The molecule has 1 atom stereocenters. The SMILES string of the molecule is C=CC[C@H](N)c1cc(C#N)ccc1O. The molecule has 0 aromatic heterocycles. The largest absolute Gasteiger partial charge is 0.508 e. The molecule has 3 N–H and O–H groups in total. The van der Waals surface area contributed by atoms with Crippen LogP contribution in [0.25, 0.3) is 0 Å². The van der Waals surface area contributed by atoms with E-state index in [1.807, 2.05) is 6.07 Å². The molecule has 0 spiro atoms. The molecule has 0 aliphatic carbocycles. The van der Waals surface area contributed by atoms with Crippen molar-refractivity contribution in [1.29, 1.82) is 5.26 Å². The van der Waals surface area contributed by atoms with Gasteiger partial charge in [0.1, 0.15) is 5.75 Å². The topological polar surface area (TPSA) is 70.0 Å². The summed E-state index contributed by atoms with van der Waals surface area (Å²) >= 11 is 0. The predicted octanol–water partition coefficient (Wildman–Crippen LogP) is 1.84. The number of aromatic hydroxyl groups is 1. The van der Waals surface area contributed by atoms with Crippen molar-refractivity contribution >= 4 is 0 Å². The number of phenolic OH excluding ortho intramolecular Hbond substituents is 1. The van der Waals surface area contributed by atoms with Crippen LogP contribution in [0.4, 0.5) is 0 Å². The molecule has 1 aromatic carbocycles. The molecule has 72 valence electrons. The van der Waals surface area contributed by atoms with Gasteiger partial charge in [-0.1, -0.05) is 6.08 Å². The molecule has 3 heteroatoms. The van der Waals surface area contributed by atoms with E-state index >= 15 is 0 Å². The average molecular weight is 188 g/mol. The van der Waals surface area contributed by atoms with E-state index in [9.17, 15) is 5.11 Å². The number of nitriles is 1. The minimum absolute atomic E-state index is 0.123. The number of hydrogen-bond donors (Lipinski definition) is 2. The highest BCUT2D eigenvalue weighted by atomic mass is 16.3. The van der Waals surface area contributed by atoms with Gasteiger partial charge in [-0.05, 0) is 24.6 Å². The Labute approximate surface area is 83.1 Å². The number of phenols is 1. The van der Waals surface area contributed by atoms with E-state index in [0.29, 0.717) is 17.5 Å². The van der Waals surface area contributed by atoms with Crippen molar-refractivity contribution in [3.63, 3.8) is 0 Å². The standard InChI is InChI=1S/C11H12N2O/c1-2-3-10(13)9-6-8(7-12)4-5-11(9)14/h2,4-6,10,14H,1,3,13H2/t10-/m0/s1. The molecular formula is C11H12N2O. The van der Waals surface area contributed by atoms with Gasteiger partial charge >= 0.3 is 0 Å². The van der Waals surface area contributed by atoms with Gasteiger partial charge in [-0.25, -0.2) is 0 Å². The maximum atomic E-state index is 9.50. The molecule has 3 nitrogen and oxygen atoms in total. The first-order chi connectivity index (χ1) is 6.69. The van der Waals surface area contributed by atoms with Gasteiger partial charge in [0.25, 0.3) is 0 Å². The first-order valence-corrected chi connectivity index (χ1v) is 4.28. The Morgan fingerprint density at radius 2 is 2.36 bits per heavy atom. The van der Waals surface area contributed by atoms with E-state index in [0.717, 1.165) is 0 Å². The smallest absolute Gasteiger partial charge is 0.120 e. The van der Waals surface area contributed by atoms with Gasteiger partial charge < -0.3 is 10.8 Å². The van der Waals surface area contributed by atoms with Gasteiger partial charge in [0.2, 0.25) is 0 Å². The molecule has 0 amide bonds. The van der Waals surface area contributed by atoms with Gasteiger partial charge in [0.05, 0.1) is 11.6 Å². The molecule has 14 heavy (non-hydrogen) atoms. The molecule has 0 aliphatic heterocycles. The molecule has 0 radical (unpaired) electrons. The van der Waals surface area contributed by atoms with Crippen LogP contribution in [0, 0.1) is 11.3 Å². The quantitative estimate of drug-likeness (QED) is 0.711. The lowest BCUT2D eigenvalue weighted by atomic mass is 10.0. The number of nitrogens with two attached hydrogens (primary N) is 1. The van der Waals surface area contributed by atoms with Crippen molar-refractivity contribution in [3.05, 3.63) is 42.0 Å². The minimum atomic E-state index is -0.305. The van der Waals surface area contributed by atoms with Gasteiger partial charge in [0.15, 0.2) is 0 Å². The normalized spacial score (nSPS) is 11.7. The van der Waals surface area contributed by atoms with Gasteiger partial charge in [0, 0.05) is 11.6 Å². The first-order valence-electron chi connectivity index (χ1n) is 4.28. The number of nitrogens with zero attached hydrogens (tertiary/aromatic N) is 1. The van der Waals surface area contributed by atoms with Crippen molar-refractivity contribution in [2.45, 2.75) is 12.5 Å². The Bertz CT molecular complexity index is 379. The number of benzene rings is 1. The van der Waals surface area contributed by atoms with Crippen LogP contribution in [0.1, 0.15) is 23.6 Å². The zero-order valence-electron chi connectivity index (χ0n) is 7.77. The van der Waals surface area contributed by atoms with Crippen molar-refractivity contribution in [3.8, 4) is 11.8 Å². The third-order valence-corrected chi connectivity index (χ3v) is 1.98. The average Bonchev–Trinajstić information content (AvgIpc) is 2.19. The van der Waals surface area contributed by atoms with Crippen molar-refractivity contribution in [2.24, 2.45) is 5.73 Å². The fourth-order valence-electron chi connectivity index (χ4n) is 1.23. The Morgan fingerprint density at radius 3 is 2.93 bits per heavy atom. The van der Waals surface area contributed by atoms with Crippen molar-refractivity contribution in [2.75, 3.05) is 0 Å². The van der Waals surface area contributed by atoms with Gasteiger partial charge in [-0.2, -0.15) is 5.26 Å². The highest BCUT2D eigenvalue weighted by molar-refractivity contribution is 5.42. The third-order valence-electron chi connectivity index (χ3n) is 1.98. The van der Waals surface area contributed by atoms with Crippen LogP contribution in [-0.4, -0.2) is 5.11 Å². The summed E-state index contributed by atoms with van der Waals surface area (Å²) < 4.78 is 0. The van der Waals surface area contributed by atoms with Crippen molar-refractivity contribution < 1.29 is 5.11 Å². The lowest BCUT2D eigenvalue weighted by Crippen LogP contribution is -2.09. The Kier molecular flexibility index (Phi) is 3.27. The molecule has 0 unspecified atom stereocenters. The maximum absolute atomic E-state index is 9.50. The highest BCUT2D eigenvalue weighted by Crippen LogP contribution is 2.25. The van der Waals surface area contributed by atoms with Crippen LogP contribution in [0.3, 0.4) is 0 Å². The molecule has 0 saturated carbocycles. The Hall–Kier alpha value is -1.79. The summed E-state index contributed by atoms with van der Waals surface area (Å²) in [5.41, 5.74) is 6.87. The summed E-state index contributed by atoms with van der Waals surface area (Å²) in [6.07, 6.45) is 2.26. The molecule has 0 saturated heterocycles. The van der Waals surface area contributed by atoms with E-state index in [4.69, 9.17) is 11.0 Å². The number of rotatable bonds is 3. The summed E-state index contributed by atoms with van der Waals surface area (Å²) in [6, 6.07) is 6.33. The van der Waals surface area contributed by atoms with E-state index < -0.39 is 0 Å². The molecule has 0 aliphatic rings. The molecule has 0 heterocycles. The fourth-order valence-corrected chi connectivity index (χ4v) is 1.23. The van der Waals surface area contributed by atoms with Crippen LogP contribution in [-0.2, 0) is 0 Å². The summed E-state index contributed by atoms with van der Waals surface area (Å²) in [4.78, 5) is 0. The van der Waals surface area contributed by atoms with E-state index in [1.165, 1.54) is 6.07 Å². The maximum Gasteiger partial charge on any atom is 0.120 e. The minimum Gasteiger partial charge on any atom is -0.508 e. The van der Waals surface area contributed by atoms with Crippen molar-refractivity contribution in [1.82, 2.24) is 0 Å². The number of hydrogen-bond acceptors (Lipinski definition) is 3. The third kappa shape index (κ3) is 2.12. The first kappa shape index (κ1) is 10.3. The predicted molar refractivity (Wildman–Crippen MR) is 54.6 cm³/mol. The van der Waals surface area contributed by atoms with Gasteiger partial charge in [-0.15, -0.1) is 6.58 Å². The molecule has 1 aromatic rings. The van der Waals surface area contributed by atoms with Crippen LogP contribution >= 0.6 is 0 Å². The second-order valence-electron chi connectivity index (χ2n) is 3.02. The lowest BCUT2D eigenvalue weighted by molar-refractivity contribution is 0.461. The van der Waals surface area contributed by atoms with Crippen LogP contribution in [0.5, 0.6) is 5.75 Å². The van der Waals surface area contributed by atoms with E-state index in [2.05, 4.69) is 6.58 Å². The summed E-state index contributed by atoms with van der Waals surface area (Å²) in [7, 11) is 0. The Balaban J connectivity index is 3.06. The van der Waals surface area contributed by atoms with Gasteiger partial charge in [-0.3, -0.25) is 0 Å². The van der Waals surface area contributed by atoms with E-state index in [-0.39, 0.29) is 11.8 Å². The molecule has 0 fully saturated rings. The summed E-state index contributed by atoms with van der Waals surface area (Å²) in [5, 5.41) is 18.2. The van der Waals surface area contributed by atoms with Crippen LogP contribution in [0.2, 0.25) is 0 Å². The summed E-state index contributed by atoms with van der Waals surface area (Å²) in [6.45, 7) is 3.57. The fraction of sp³-hybridized carbons (Fsp3) is 0.182. The lowest BCUT2D eigenvalue weighted by Gasteiger charge is -2.11. The highest BCUT2D eigenvalue weighted by Gasteiger charge is 2.09. The zero-order valence-corrected chi connectivity index (χ0v) is 7.77. The Morgan fingerprint density at radius 1 is 1.64 bits per heavy atom. The summed E-state index contributed by atoms with van der Waals surface area (Å²) in [5.74, 6) is 0.123. The molecular weight excluding hydrogens is 176 g/mol.